The van der Waals surface area contributed by atoms with Gasteiger partial charge in [0.25, 0.3) is 5.69 Å². The number of anilines is 1. The molecular formula is C22H27N7O3S. The molecule has 11 heteroatoms. The van der Waals surface area contributed by atoms with Crippen molar-refractivity contribution in [2.75, 3.05) is 17.6 Å². The highest BCUT2D eigenvalue weighted by Crippen LogP contribution is 2.25. The lowest BCUT2D eigenvalue weighted by Crippen LogP contribution is -2.25. The molecule has 10 nitrogen and oxygen atoms in total. The molecule has 0 atom stereocenters. The van der Waals surface area contributed by atoms with Gasteiger partial charge in [-0.25, -0.2) is 14.6 Å². The maximum absolute atomic E-state index is 12.2. The molecule has 3 rings (SSSR count). The summed E-state index contributed by atoms with van der Waals surface area (Å²) in [5, 5.41) is 22.9. The van der Waals surface area contributed by atoms with Crippen LogP contribution in [0.25, 0.3) is 17.1 Å². The first-order valence-electron chi connectivity index (χ1n) is 10.7. The van der Waals surface area contributed by atoms with Crippen molar-refractivity contribution in [1.29, 1.82) is 0 Å². The van der Waals surface area contributed by atoms with Crippen LogP contribution in [0.15, 0.2) is 41.7 Å². The van der Waals surface area contributed by atoms with Crippen molar-refractivity contribution in [2.45, 2.75) is 44.9 Å². The highest BCUT2D eigenvalue weighted by Gasteiger charge is 2.14. The number of non-ortho nitro benzene ring substituents is 1. The average molecular weight is 470 g/mol. The monoisotopic (exact) mass is 469 g/mol. The minimum absolute atomic E-state index is 0.00913. The van der Waals surface area contributed by atoms with Crippen LogP contribution in [0.5, 0.6) is 0 Å². The molecule has 0 bridgehead atoms. The first-order valence-corrected chi connectivity index (χ1v) is 11.7. The van der Waals surface area contributed by atoms with E-state index >= 15 is 0 Å². The van der Waals surface area contributed by atoms with Gasteiger partial charge in [0, 0.05) is 36.5 Å². The topological polar surface area (TPSA) is 128 Å². The summed E-state index contributed by atoms with van der Waals surface area (Å²) >= 11 is 1.60. The number of nitro groups is 1. The second-order valence-electron chi connectivity index (χ2n) is 7.58. The molecule has 0 spiro atoms. The van der Waals surface area contributed by atoms with Gasteiger partial charge in [-0.15, -0.1) is 0 Å². The van der Waals surface area contributed by atoms with Crippen LogP contribution in [-0.2, 0) is 11.3 Å². The number of aromatic nitrogens is 4. The molecule has 0 aliphatic heterocycles. The number of hydrogen-bond acceptors (Lipinski definition) is 8. The number of nitro benzene ring substituents is 1. The van der Waals surface area contributed by atoms with Crippen molar-refractivity contribution in [3.8, 4) is 0 Å². The van der Waals surface area contributed by atoms with Crippen molar-refractivity contribution >= 4 is 46.3 Å². The quantitative estimate of drug-likeness (QED) is 0.142. The van der Waals surface area contributed by atoms with E-state index < -0.39 is 4.92 Å². The Balaban J connectivity index is 1.64. The van der Waals surface area contributed by atoms with E-state index in [-0.39, 0.29) is 17.6 Å². The Morgan fingerprint density at radius 2 is 2.03 bits per heavy atom. The highest BCUT2D eigenvalue weighted by atomic mass is 32.2. The SMILES string of the molecule is CCCSc1nc(NC(C)C)c2cnn(CCNC(=O)/C=C\c3ccc([N+](=O)[O-])cc3)c2n1. The van der Waals surface area contributed by atoms with E-state index in [1.165, 1.54) is 18.2 Å². The van der Waals surface area contributed by atoms with Crippen molar-refractivity contribution in [1.82, 2.24) is 25.1 Å². The number of rotatable bonds is 11. The molecule has 174 valence electrons. The zero-order chi connectivity index (χ0) is 23.8. The van der Waals surface area contributed by atoms with Crippen LogP contribution < -0.4 is 10.6 Å². The Morgan fingerprint density at radius 3 is 2.70 bits per heavy atom. The third-order valence-corrected chi connectivity index (χ3v) is 5.54. The number of carbonyl (C=O) groups is 1. The van der Waals surface area contributed by atoms with Gasteiger partial charge in [0.1, 0.15) is 5.82 Å². The third-order valence-electron chi connectivity index (χ3n) is 4.49. The van der Waals surface area contributed by atoms with Gasteiger partial charge in [-0.1, -0.05) is 18.7 Å². The molecule has 0 fully saturated rings. The normalized spacial score (nSPS) is 11.4. The number of thioether (sulfide) groups is 1. The van der Waals surface area contributed by atoms with E-state index in [1.807, 2.05) is 0 Å². The molecule has 3 aromatic rings. The molecule has 0 aliphatic rings. The number of nitrogens with zero attached hydrogens (tertiary/aromatic N) is 5. The van der Waals surface area contributed by atoms with E-state index in [4.69, 9.17) is 0 Å². The average Bonchev–Trinajstić information content (AvgIpc) is 3.19. The number of hydrogen-bond donors (Lipinski definition) is 2. The molecule has 0 aliphatic carbocycles. The molecular weight excluding hydrogens is 442 g/mol. The fourth-order valence-electron chi connectivity index (χ4n) is 2.96. The summed E-state index contributed by atoms with van der Waals surface area (Å²) in [7, 11) is 0. The molecule has 33 heavy (non-hydrogen) atoms. The van der Waals surface area contributed by atoms with Gasteiger partial charge < -0.3 is 10.6 Å². The molecule has 2 aromatic heterocycles. The molecule has 0 saturated heterocycles. The Kier molecular flexibility index (Phi) is 8.36. The fourth-order valence-corrected chi connectivity index (χ4v) is 3.66. The zero-order valence-electron chi connectivity index (χ0n) is 18.8. The Morgan fingerprint density at radius 1 is 1.27 bits per heavy atom. The first kappa shape index (κ1) is 24.2. The number of carbonyl (C=O) groups excluding carboxylic acids is 1. The summed E-state index contributed by atoms with van der Waals surface area (Å²) in [5.74, 6) is 1.42. The summed E-state index contributed by atoms with van der Waals surface area (Å²) < 4.78 is 1.76. The van der Waals surface area contributed by atoms with Crippen LogP contribution in [0.1, 0.15) is 32.8 Å². The maximum Gasteiger partial charge on any atom is 0.269 e. The number of amides is 1. The molecule has 0 saturated carbocycles. The lowest BCUT2D eigenvalue weighted by molar-refractivity contribution is -0.384. The van der Waals surface area contributed by atoms with Crippen LogP contribution in [0, 0.1) is 10.1 Å². The van der Waals surface area contributed by atoms with Gasteiger partial charge in [0.05, 0.1) is 23.1 Å². The molecule has 0 radical (unpaired) electrons. The highest BCUT2D eigenvalue weighted by molar-refractivity contribution is 7.99. The van der Waals surface area contributed by atoms with Crippen LogP contribution in [-0.4, -0.2) is 48.9 Å². The summed E-state index contributed by atoms with van der Waals surface area (Å²) in [6.07, 6.45) is 5.77. The van der Waals surface area contributed by atoms with E-state index in [2.05, 4.69) is 46.5 Å². The Labute approximate surface area is 196 Å². The summed E-state index contributed by atoms with van der Waals surface area (Å²) in [6.45, 7) is 7.04. The van der Waals surface area contributed by atoms with Crippen molar-refractivity contribution in [2.24, 2.45) is 0 Å². The van der Waals surface area contributed by atoms with Crippen LogP contribution in [0.2, 0.25) is 0 Å². The summed E-state index contributed by atoms with van der Waals surface area (Å²) in [4.78, 5) is 31.7. The minimum Gasteiger partial charge on any atom is -0.367 e. The molecule has 1 amide bonds. The smallest absolute Gasteiger partial charge is 0.269 e. The van der Waals surface area contributed by atoms with E-state index in [0.29, 0.717) is 23.8 Å². The van der Waals surface area contributed by atoms with Crippen LogP contribution >= 0.6 is 11.8 Å². The summed E-state index contributed by atoms with van der Waals surface area (Å²) in [5.41, 5.74) is 1.44. The van der Waals surface area contributed by atoms with Crippen molar-refractivity contribution in [3.63, 3.8) is 0 Å². The maximum atomic E-state index is 12.2. The van der Waals surface area contributed by atoms with E-state index in [1.54, 1.807) is 40.8 Å². The van der Waals surface area contributed by atoms with Gasteiger partial charge >= 0.3 is 0 Å². The van der Waals surface area contributed by atoms with Crippen molar-refractivity contribution < 1.29 is 9.72 Å². The minimum atomic E-state index is -0.461. The van der Waals surface area contributed by atoms with E-state index in [9.17, 15) is 14.9 Å². The second kappa shape index (κ2) is 11.4. The van der Waals surface area contributed by atoms with Gasteiger partial charge in [-0.2, -0.15) is 5.10 Å². The predicted molar refractivity (Wildman–Crippen MR) is 130 cm³/mol. The number of nitrogens with one attached hydrogen (secondary N) is 2. The van der Waals surface area contributed by atoms with Gasteiger partial charge in [-0.05, 0) is 44.0 Å². The molecule has 1 aromatic carbocycles. The first-order chi connectivity index (χ1) is 15.9. The lowest BCUT2D eigenvalue weighted by atomic mass is 10.2. The van der Waals surface area contributed by atoms with Crippen molar-refractivity contribution in [3.05, 3.63) is 52.2 Å². The van der Waals surface area contributed by atoms with Crippen LogP contribution in [0.3, 0.4) is 0 Å². The third kappa shape index (κ3) is 6.75. The zero-order valence-corrected chi connectivity index (χ0v) is 19.6. The molecule has 2 heterocycles. The standard InChI is InChI=1S/C22H27N7O3S/c1-4-13-33-22-26-20(25-15(2)3)18-14-24-28(21(18)27-22)12-11-23-19(30)10-7-16-5-8-17(9-6-16)29(31)32/h5-10,14-15H,4,11-13H2,1-3H3,(H,23,30)(H,25,26,27)/b10-7-. The Bertz CT molecular complexity index is 1140. The van der Waals surface area contributed by atoms with Gasteiger partial charge in [0.15, 0.2) is 10.8 Å². The lowest BCUT2D eigenvalue weighted by Gasteiger charge is -2.12. The largest absolute Gasteiger partial charge is 0.367 e. The Hall–Kier alpha value is -3.47. The number of benzene rings is 1. The fraction of sp³-hybridized carbons (Fsp3) is 0.364. The summed E-state index contributed by atoms with van der Waals surface area (Å²) in [6, 6.07) is 6.20. The van der Waals surface area contributed by atoms with Crippen LogP contribution in [0.4, 0.5) is 11.5 Å². The molecule has 2 N–H and O–H groups in total. The second-order valence-corrected chi connectivity index (χ2v) is 8.64. The predicted octanol–water partition coefficient (Wildman–Crippen LogP) is 3.89. The van der Waals surface area contributed by atoms with Gasteiger partial charge in [0.2, 0.25) is 5.91 Å². The molecule has 0 unspecified atom stereocenters. The van der Waals surface area contributed by atoms with E-state index in [0.717, 1.165) is 29.0 Å². The number of fused-ring (bicyclic) bond motifs is 1. The van der Waals surface area contributed by atoms with Gasteiger partial charge in [-0.3, -0.25) is 14.9 Å².